The van der Waals surface area contributed by atoms with Gasteiger partial charge in [0, 0.05) is 43.7 Å². The van der Waals surface area contributed by atoms with Crippen molar-refractivity contribution in [3.8, 4) is 0 Å². The number of pyridine rings is 1. The second-order valence-corrected chi connectivity index (χ2v) is 5.66. The Bertz CT molecular complexity index is 615. The van der Waals surface area contributed by atoms with Gasteiger partial charge in [-0.05, 0) is 32.2 Å². The van der Waals surface area contributed by atoms with Gasteiger partial charge in [-0.1, -0.05) is 11.6 Å². The molecule has 0 unspecified atom stereocenters. The van der Waals surface area contributed by atoms with Crippen molar-refractivity contribution >= 4 is 16.7 Å². The molecule has 2 aromatic rings. The van der Waals surface area contributed by atoms with Crippen molar-refractivity contribution in [2.24, 2.45) is 5.73 Å². The van der Waals surface area contributed by atoms with E-state index in [2.05, 4.69) is 48.0 Å². The average Bonchev–Trinajstić information content (AvgIpc) is 2.46. The van der Waals surface area contributed by atoms with Crippen molar-refractivity contribution < 1.29 is 0 Å². The second kappa shape index (κ2) is 5.38. The van der Waals surface area contributed by atoms with Crippen molar-refractivity contribution in [2.45, 2.75) is 13.5 Å². The zero-order valence-electron chi connectivity index (χ0n) is 12.3. The molecule has 0 saturated carbocycles. The van der Waals surface area contributed by atoms with E-state index in [1.54, 1.807) is 0 Å². The van der Waals surface area contributed by atoms with E-state index < -0.39 is 0 Å². The molecule has 0 radical (unpaired) electrons. The first-order valence-electron chi connectivity index (χ1n) is 7.21. The summed E-state index contributed by atoms with van der Waals surface area (Å²) in [6.07, 6.45) is 0. The molecule has 1 saturated heterocycles. The molecule has 4 heteroatoms. The highest BCUT2D eigenvalue weighted by atomic mass is 15.3. The van der Waals surface area contributed by atoms with Gasteiger partial charge in [0.25, 0.3) is 0 Å². The largest absolute Gasteiger partial charge is 0.354 e. The number of aromatic nitrogens is 1. The van der Waals surface area contributed by atoms with Crippen LogP contribution in [-0.4, -0.2) is 43.1 Å². The molecule has 20 heavy (non-hydrogen) atoms. The first-order chi connectivity index (χ1) is 9.67. The van der Waals surface area contributed by atoms with Crippen LogP contribution in [-0.2, 0) is 6.54 Å². The minimum atomic E-state index is 0.540. The summed E-state index contributed by atoms with van der Waals surface area (Å²) in [6.45, 7) is 6.85. The second-order valence-electron chi connectivity index (χ2n) is 5.66. The molecule has 0 spiro atoms. The molecule has 1 fully saturated rings. The molecule has 0 amide bonds. The quantitative estimate of drug-likeness (QED) is 0.903. The number of hydrogen-bond acceptors (Lipinski definition) is 4. The van der Waals surface area contributed by atoms with Crippen LogP contribution in [0, 0.1) is 6.92 Å². The van der Waals surface area contributed by atoms with Crippen molar-refractivity contribution in [2.75, 3.05) is 38.1 Å². The van der Waals surface area contributed by atoms with Crippen LogP contribution in [0.2, 0.25) is 0 Å². The Morgan fingerprint density at radius 3 is 2.60 bits per heavy atom. The lowest BCUT2D eigenvalue weighted by Crippen LogP contribution is -2.45. The molecule has 2 heterocycles. The highest BCUT2D eigenvalue weighted by molar-refractivity contribution is 5.82. The number of hydrogen-bond donors (Lipinski definition) is 1. The molecule has 2 N–H and O–H groups in total. The number of aryl methyl sites for hydroxylation is 1. The molecule has 0 atom stereocenters. The van der Waals surface area contributed by atoms with E-state index in [0.29, 0.717) is 6.54 Å². The summed E-state index contributed by atoms with van der Waals surface area (Å²) in [5, 5.41) is 1.18. The van der Waals surface area contributed by atoms with Crippen LogP contribution in [0.1, 0.15) is 11.1 Å². The molecular formula is C16H22N4. The summed E-state index contributed by atoms with van der Waals surface area (Å²) in [7, 11) is 2.16. The summed E-state index contributed by atoms with van der Waals surface area (Å²) in [6, 6.07) is 8.59. The summed E-state index contributed by atoms with van der Waals surface area (Å²) >= 11 is 0. The predicted octanol–water partition coefficient (Wildman–Crippen LogP) is 1.75. The highest BCUT2D eigenvalue weighted by Crippen LogP contribution is 2.25. The van der Waals surface area contributed by atoms with Gasteiger partial charge in [-0.2, -0.15) is 0 Å². The Morgan fingerprint density at radius 2 is 1.90 bits per heavy atom. The number of piperazine rings is 1. The van der Waals surface area contributed by atoms with Gasteiger partial charge in [-0.15, -0.1) is 0 Å². The molecule has 0 bridgehead atoms. The van der Waals surface area contributed by atoms with Gasteiger partial charge in [-0.25, -0.2) is 4.98 Å². The predicted molar refractivity (Wildman–Crippen MR) is 84.1 cm³/mol. The van der Waals surface area contributed by atoms with Crippen LogP contribution in [0.3, 0.4) is 0 Å². The fourth-order valence-corrected chi connectivity index (χ4v) is 2.77. The van der Waals surface area contributed by atoms with Crippen molar-refractivity contribution in [3.05, 3.63) is 35.4 Å². The van der Waals surface area contributed by atoms with Gasteiger partial charge in [0.2, 0.25) is 0 Å². The van der Waals surface area contributed by atoms with Crippen LogP contribution >= 0.6 is 0 Å². The Morgan fingerprint density at radius 1 is 1.15 bits per heavy atom. The fourth-order valence-electron chi connectivity index (χ4n) is 2.77. The van der Waals surface area contributed by atoms with Crippen molar-refractivity contribution in [3.63, 3.8) is 0 Å². The van der Waals surface area contributed by atoms with E-state index in [4.69, 9.17) is 10.7 Å². The lowest BCUT2D eigenvalue weighted by atomic mass is 10.1. The van der Waals surface area contributed by atoms with Crippen molar-refractivity contribution in [1.29, 1.82) is 0 Å². The number of benzene rings is 1. The Hall–Kier alpha value is -1.65. The monoisotopic (exact) mass is 270 g/mol. The molecule has 106 valence electrons. The molecular weight excluding hydrogens is 248 g/mol. The summed E-state index contributed by atoms with van der Waals surface area (Å²) in [4.78, 5) is 9.58. The maximum absolute atomic E-state index is 5.94. The topological polar surface area (TPSA) is 45.4 Å². The van der Waals surface area contributed by atoms with E-state index in [9.17, 15) is 0 Å². The van der Waals surface area contributed by atoms with E-state index in [1.807, 2.05) is 0 Å². The third-order valence-electron chi connectivity index (χ3n) is 4.05. The smallest absolute Gasteiger partial charge is 0.133 e. The first kappa shape index (κ1) is 13.3. The normalized spacial score (nSPS) is 16.9. The Kier molecular flexibility index (Phi) is 3.59. The number of anilines is 1. The highest BCUT2D eigenvalue weighted by Gasteiger charge is 2.18. The van der Waals surface area contributed by atoms with Crippen LogP contribution in [0.25, 0.3) is 10.9 Å². The summed E-state index contributed by atoms with van der Waals surface area (Å²) in [5.41, 5.74) is 9.40. The van der Waals surface area contributed by atoms with Crippen LogP contribution < -0.4 is 10.6 Å². The number of nitrogens with zero attached hydrogens (tertiary/aromatic N) is 3. The van der Waals surface area contributed by atoms with Crippen LogP contribution in [0.4, 0.5) is 5.82 Å². The third kappa shape index (κ3) is 2.49. The van der Waals surface area contributed by atoms with Crippen LogP contribution in [0.15, 0.2) is 24.3 Å². The van der Waals surface area contributed by atoms with Gasteiger partial charge in [0.05, 0.1) is 5.52 Å². The Labute approximate surface area is 120 Å². The number of fused-ring (bicyclic) bond motifs is 1. The molecule has 1 aliphatic heterocycles. The van der Waals surface area contributed by atoms with Gasteiger partial charge in [0.15, 0.2) is 0 Å². The zero-order chi connectivity index (χ0) is 14.1. The van der Waals surface area contributed by atoms with E-state index in [0.717, 1.165) is 43.1 Å². The minimum absolute atomic E-state index is 0.540. The number of nitrogens with two attached hydrogens (primary N) is 1. The lowest BCUT2D eigenvalue weighted by Gasteiger charge is -2.34. The van der Waals surface area contributed by atoms with Gasteiger partial charge in [-0.3, -0.25) is 0 Å². The first-order valence-corrected chi connectivity index (χ1v) is 7.21. The number of likely N-dealkylation sites (N-methyl/N-ethyl adjacent to an activating group) is 1. The Balaban J connectivity index is 2.03. The fraction of sp³-hybridized carbons (Fsp3) is 0.438. The van der Waals surface area contributed by atoms with Crippen molar-refractivity contribution in [1.82, 2.24) is 9.88 Å². The SMILES string of the molecule is Cc1ccc2nc(N3CCN(C)CC3)c(CN)cc2c1. The minimum Gasteiger partial charge on any atom is -0.354 e. The molecule has 1 aromatic heterocycles. The van der Waals surface area contributed by atoms with Gasteiger partial charge >= 0.3 is 0 Å². The van der Waals surface area contributed by atoms with E-state index in [-0.39, 0.29) is 0 Å². The third-order valence-corrected chi connectivity index (χ3v) is 4.05. The lowest BCUT2D eigenvalue weighted by molar-refractivity contribution is 0.312. The summed E-state index contributed by atoms with van der Waals surface area (Å²) < 4.78 is 0. The van der Waals surface area contributed by atoms with E-state index >= 15 is 0 Å². The average molecular weight is 270 g/mol. The molecule has 1 aromatic carbocycles. The van der Waals surface area contributed by atoms with Gasteiger partial charge < -0.3 is 15.5 Å². The molecule has 0 aliphatic carbocycles. The summed E-state index contributed by atoms with van der Waals surface area (Å²) in [5.74, 6) is 1.07. The maximum atomic E-state index is 5.94. The molecule has 3 rings (SSSR count). The molecule has 1 aliphatic rings. The van der Waals surface area contributed by atoms with Gasteiger partial charge in [0.1, 0.15) is 5.82 Å². The standard InChI is InChI=1S/C16H22N4/c1-12-3-4-15-13(9-12)10-14(11-17)16(18-15)20-7-5-19(2)6-8-20/h3-4,9-10H,5-8,11,17H2,1-2H3. The molecule has 4 nitrogen and oxygen atoms in total. The maximum Gasteiger partial charge on any atom is 0.133 e. The van der Waals surface area contributed by atoms with Crippen LogP contribution in [0.5, 0.6) is 0 Å². The zero-order valence-corrected chi connectivity index (χ0v) is 12.3. The van der Waals surface area contributed by atoms with E-state index in [1.165, 1.54) is 10.9 Å². The number of rotatable bonds is 2.